The predicted molar refractivity (Wildman–Crippen MR) is 123 cm³/mol. The van der Waals surface area contributed by atoms with Gasteiger partial charge in [0.2, 0.25) is 21.8 Å². The summed E-state index contributed by atoms with van der Waals surface area (Å²) in [5.41, 5.74) is 0.298. The lowest BCUT2D eigenvalue weighted by Crippen LogP contribution is -2.54. The van der Waals surface area contributed by atoms with Crippen LogP contribution in [0.25, 0.3) is 11.1 Å². The molecule has 7 nitrogen and oxygen atoms in total. The Balaban J connectivity index is 1.41. The van der Waals surface area contributed by atoms with E-state index in [4.69, 9.17) is 0 Å². The zero-order chi connectivity index (χ0) is 25.2. The first-order valence-corrected chi connectivity index (χ1v) is 12.9. The SMILES string of the molecule is O=C(CN1CCCC(NS(=O)(=O)c2ccc(-c3ccc(C(F)(F)F)cc3)cc2)C1=O)N1CCCC1. The number of sulfonamides is 1. The fourth-order valence-corrected chi connectivity index (χ4v) is 5.59. The Morgan fingerprint density at radius 3 is 2.06 bits per heavy atom. The van der Waals surface area contributed by atoms with Gasteiger partial charge in [0.15, 0.2) is 0 Å². The number of benzene rings is 2. The third-order valence-electron chi connectivity index (χ3n) is 6.32. The molecule has 0 bridgehead atoms. The number of carbonyl (C=O) groups is 2. The summed E-state index contributed by atoms with van der Waals surface area (Å²) in [4.78, 5) is 28.4. The predicted octanol–water partition coefficient (Wildman–Crippen LogP) is 3.26. The summed E-state index contributed by atoms with van der Waals surface area (Å²) >= 11 is 0. The third-order valence-corrected chi connectivity index (χ3v) is 7.81. The second-order valence-electron chi connectivity index (χ2n) is 8.76. The number of amides is 2. The second-order valence-corrected chi connectivity index (χ2v) is 10.5. The van der Waals surface area contributed by atoms with E-state index in [1.807, 2.05) is 0 Å². The van der Waals surface area contributed by atoms with E-state index in [9.17, 15) is 31.2 Å². The van der Waals surface area contributed by atoms with Crippen molar-refractivity contribution in [3.8, 4) is 11.1 Å². The van der Waals surface area contributed by atoms with Gasteiger partial charge in [-0.05, 0) is 61.1 Å². The van der Waals surface area contributed by atoms with Crippen molar-refractivity contribution in [2.45, 2.75) is 42.8 Å². The molecule has 188 valence electrons. The van der Waals surface area contributed by atoms with Gasteiger partial charge in [0.25, 0.3) is 0 Å². The minimum atomic E-state index is -4.43. The van der Waals surface area contributed by atoms with Crippen LogP contribution in [0.4, 0.5) is 13.2 Å². The van der Waals surface area contributed by atoms with Crippen molar-refractivity contribution in [3.63, 3.8) is 0 Å². The minimum absolute atomic E-state index is 0.0567. The van der Waals surface area contributed by atoms with Gasteiger partial charge >= 0.3 is 6.18 Å². The molecule has 2 aromatic carbocycles. The smallest absolute Gasteiger partial charge is 0.341 e. The number of nitrogens with zero attached hydrogens (tertiary/aromatic N) is 2. The van der Waals surface area contributed by atoms with E-state index in [0.29, 0.717) is 43.6 Å². The summed E-state index contributed by atoms with van der Waals surface area (Å²) < 4.78 is 66.5. The molecular weight excluding hydrogens is 483 g/mol. The number of nitrogens with one attached hydrogen (secondary N) is 1. The number of hydrogen-bond acceptors (Lipinski definition) is 4. The molecule has 1 N–H and O–H groups in total. The molecule has 0 spiro atoms. The van der Waals surface area contributed by atoms with Crippen molar-refractivity contribution in [2.75, 3.05) is 26.2 Å². The molecule has 4 rings (SSSR count). The molecule has 0 saturated carbocycles. The maximum absolute atomic E-state index is 12.9. The molecule has 35 heavy (non-hydrogen) atoms. The molecule has 1 atom stereocenters. The zero-order valence-electron chi connectivity index (χ0n) is 18.9. The lowest BCUT2D eigenvalue weighted by molar-refractivity contribution is -0.142. The van der Waals surface area contributed by atoms with Crippen LogP contribution in [-0.2, 0) is 25.8 Å². The Hall–Kier alpha value is -2.92. The molecule has 0 radical (unpaired) electrons. The number of likely N-dealkylation sites (tertiary alicyclic amines) is 2. The van der Waals surface area contributed by atoms with Crippen LogP contribution in [-0.4, -0.2) is 62.3 Å². The van der Waals surface area contributed by atoms with Crippen LogP contribution in [0.15, 0.2) is 53.4 Å². The molecule has 1 unspecified atom stereocenters. The number of halogens is 3. The van der Waals surface area contributed by atoms with Crippen molar-refractivity contribution < 1.29 is 31.2 Å². The molecule has 2 amide bonds. The van der Waals surface area contributed by atoms with Gasteiger partial charge < -0.3 is 9.80 Å². The van der Waals surface area contributed by atoms with Crippen molar-refractivity contribution in [2.24, 2.45) is 0 Å². The average molecular weight is 510 g/mol. The topological polar surface area (TPSA) is 86.8 Å². The maximum atomic E-state index is 12.9. The fourth-order valence-electron chi connectivity index (χ4n) is 4.37. The third kappa shape index (κ3) is 5.84. The second kappa shape index (κ2) is 9.98. The van der Waals surface area contributed by atoms with E-state index in [0.717, 1.165) is 25.0 Å². The van der Waals surface area contributed by atoms with Crippen molar-refractivity contribution in [1.29, 1.82) is 0 Å². The summed E-state index contributed by atoms with van der Waals surface area (Å²) in [5.74, 6) is -0.549. The molecule has 2 fully saturated rings. The van der Waals surface area contributed by atoms with E-state index in [1.54, 1.807) is 4.90 Å². The normalized spacial score (nSPS) is 19.3. The van der Waals surface area contributed by atoms with Crippen LogP contribution in [0.3, 0.4) is 0 Å². The van der Waals surface area contributed by atoms with E-state index in [2.05, 4.69) is 4.72 Å². The van der Waals surface area contributed by atoms with Crippen LogP contribution in [0, 0.1) is 0 Å². The summed E-state index contributed by atoms with van der Waals surface area (Å²) in [6, 6.07) is 9.31. The van der Waals surface area contributed by atoms with Crippen molar-refractivity contribution in [3.05, 3.63) is 54.1 Å². The van der Waals surface area contributed by atoms with Gasteiger partial charge in [-0.15, -0.1) is 0 Å². The molecule has 2 aromatic rings. The van der Waals surface area contributed by atoms with E-state index < -0.39 is 33.7 Å². The van der Waals surface area contributed by atoms with E-state index in [1.165, 1.54) is 41.3 Å². The van der Waals surface area contributed by atoms with Gasteiger partial charge in [-0.1, -0.05) is 24.3 Å². The average Bonchev–Trinajstić information content (AvgIpc) is 3.36. The van der Waals surface area contributed by atoms with E-state index in [-0.39, 0.29) is 17.3 Å². The first-order chi connectivity index (χ1) is 16.5. The zero-order valence-corrected chi connectivity index (χ0v) is 19.7. The van der Waals surface area contributed by atoms with Crippen LogP contribution in [0.5, 0.6) is 0 Å². The molecule has 2 aliphatic rings. The quantitative estimate of drug-likeness (QED) is 0.648. The Kier molecular flexibility index (Phi) is 7.18. The standard InChI is InChI=1S/C24H26F3N3O4S/c25-24(26,27)19-9-5-17(6-10-19)18-7-11-20(12-8-18)35(33,34)28-21-4-3-15-30(23(21)32)16-22(31)29-13-1-2-14-29/h5-12,21,28H,1-4,13-16H2. The highest BCUT2D eigenvalue weighted by Gasteiger charge is 2.34. The van der Waals surface area contributed by atoms with Gasteiger partial charge in [0.05, 0.1) is 17.0 Å². The van der Waals surface area contributed by atoms with Crippen LogP contribution >= 0.6 is 0 Å². The van der Waals surface area contributed by atoms with Crippen LogP contribution in [0.1, 0.15) is 31.2 Å². The monoisotopic (exact) mass is 509 g/mol. The van der Waals surface area contributed by atoms with Gasteiger partial charge in [-0.2, -0.15) is 17.9 Å². The Labute approximate surface area is 202 Å². The molecule has 2 saturated heterocycles. The number of hydrogen-bond donors (Lipinski definition) is 1. The Morgan fingerprint density at radius 1 is 0.914 bits per heavy atom. The lowest BCUT2D eigenvalue weighted by atomic mass is 10.0. The highest BCUT2D eigenvalue weighted by atomic mass is 32.2. The van der Waals surface area contributed by atoms with E-state index >= 15 is 0 Å². The molecule has 0 aliphatic carbocycles. The number of alkyl halides is 3. The largest absolute Gasteiger partial charge is 0.416 e. The molecule has 2 aliphatic heterocycles. The maximum Gasteiger partial charge on any atom is 0.416 e. The van der Waals surface area contributed by atoms with Crippen molar-refractivity contribution >= 4 is 21.8 Å². The van der Waals surface area contributed by atoms with Gasteiger partial charge in [-0.3, -0.25) is 9.59 Å². The van der Waals surface area contributed by atoms with Gasteiger partial charge in [0, 0.05) is 19.6 Å². The fraction of sp³-hybridized carbons (Fsp3) is 0.417. The summed E-state index contributed by atoms with van der Waals surface area (Å²) in [6.07, 6.45) is -1.65. The highest BCUT2D eigenvalue weighted by Crippen LogP contribution is 2.31. The molecule has 11 heteroatoms. The number of rotatable bonds is 6. The van der Waals surface area contributed by atoms with Crippen molar-refractivity contribution in [1.82, 2.24) is 14.5 Å². The first kappa shape index (κ1) is 25.2. The summed E-state index contributed by atoms with van der Waals surface area (Å²) in [7, 11) is -4.03. The Morgan fingerprint density at radius 2 is 1.49 bits per heavy atom. The lowest BCUT2D eigenvalue weighted by Gasteiger charge is -2.33. The first-order valence-electron chi connectivity index (χ1n) is 11.4. The molecule has 0 aromatic heterocycles. The minimum Gasteiger partial charge on any atom is -0.341 e. The van der Waals surface area contributed by atoms with Gasteiger partial charge in [-0.25, -0.2) is 8.42 Å². The number of piperidine rings is 1. The number of carbonyl (C=O) groups excluding carboxylic acids is 2. The Bertz CT molecular complexity index is 1180. The van der Waals surface area contributed by atoms with Crippen LogP contribution < -0.4 is 4.72 Å². The molecule has 2 heterocycles. The molecular formula is C24H26F3N3O4S. The summed E-state index contributed by atoms with van der Waals surface area (Å²) in [6.45, 7) is 1.70. The van der Waals surface area contributed by atoms with Gasteiger partial charge in [0.1, 0.15) is 6.04 Å². The highest BCUT2D eigenvalue weighted by molar-refractivity contribution is 7.89. The summed E-state index contributed by atoms with van der Waals surface area (Å²) in [5, 5.41) is 0. The van der Waals surface area contributed by atoms with Crippen LogP contribution in [0.2, 0.25) is 0 Å².